The van der Waals surface area contributed by atoms with Gasteiger partial charge in [-0.05, 0) is 25.3 Å². The zero-order valence-electron chi connectivity index (χ0n) is 9.55. The van der Waals surface area contributed by atoms with Crippen molar-refractivity contribution in [2.24, 2.45) is 0 Å². The van der Waals surface area contributed by atoms with Crippen molar-refractivity contribution >= 4 is 11.8 Å². The average molecular weight is 240 g/mol. The molecule has 0 saturated carbocycles. The summed E-state index contributed by atoms with van der Waals surface area (Å²) in [6.07, 6.45) is 4.02. The van der Waals surface area contributed by atoms with Gasteiger partial charge >= 0.3 is 5.97 Å². The van der Waals surface area contributed by atoms with E-state index in [1.165, 1.54) is 0 Å². The Hall–Kier alpha value is -1.20. The van der Waals surface area contributed by atoms with Crippen LogP contribution in [-0.4, -0.2) is 35.9 Å². The van der Waals surface area contributed by atoms with Crippen molar-refractivity contribution in [1.82, 2.24) is 0 Å². The maximum atomic E-state index is 11.5. The van der Waals surface area contributed by atoms with Crippen molar-refractivity contribution in [2.75, 3.05) is 6.61 Å². The number of rotatable bonds is 4. The van der Waals surface area contributed by atoms with Crippen LogP contribution in [0.1, 0.15) is 32.1 Å². The zero-order valence-corrected chi connectivity index (χ0v) is 9.55. The summed E-state index contributed by atoms with van der Waals surface area (Å²) in [5, 5.41) is 8.64. The lowest BCUT2D eigenvalue weighted by molar-refractivity contribution is -0.178. The monoisotopic (exact) mass is 240 g/mol. The van der Waals surface area contributed by atoms with Crippen LogP contribution in [0.3, 0.4) is 0 Å². The Kier molecular flexibility index (Phi) is 3.91. The van der Waals surface area contributed by atoms with Gasteiger partial charge in [-0.25, -0.2) is 0 Å². The molecule has 0 bridgehead atoms. The number of carboxylic acid groups (broad SMARTS) is 1. The highest BCUT2D eigenvalue weighted by Gasteiger charge is 2.28. The first-order valence-electron chi connectivity index (χ1n) is 5.88. The van der Waals surface area contributed by atoms with Gasteiger partial charge < -0.3 is 14.6 Å². The van der Waals surface area contributed by atoms with Gasteiger partial charge in [-0.15, -0.1) is 0 Å². The van der Waals surface area contributed by atoms with Crippen molar-refractivity contribution in [3.05, 3.63) is 11.6 Å². The standard InChI is InChI=1S/C12H16O5/c13-10-7-9(5-8(10)6-11(14)15)17-12-3-1-2-4-16-12/h5,9,12H,1-4,6-7H2,(H,14,15)/t9-,12+/m0/s1. The second-order valence-corrected chi connectivity index (χ2v) is 4.36. The highest BCUT2D eigenvalue weighted by Crippen LogP contribution is 2.24. The van der Waals surface area contributed by atoms with E-state index < -0.39 is 5.97 Å². The zero-order chi connectivity index (χ0) is 12.3. The molecule has 1 heterocycles. The molecule has 0 unspecified atom stereocenters. The Morgan fingerprint density at radius 2 is 2.35 bits per heavy atom. The Morgan fingerprint density at radius 3 is 3.00 bits per heavy atom. The van der Waals surface area contributed by atoms with Crippen LogP contribution in [0.25, 0.3) is 0 Å². The fraction of sp³-hybridized carbons (Fsp3) is 0.667. The van der Waals surface area contributed by atoms with Crippen LogP contribution in [0.2, 0.25) is 0 Å². The maximum Gasteiger partial charge on any atom is 0.307 e. The predicted molar refractivity (Wildman–Crippen MR) is 58.4 cm³/mol. The van der Waals surface area contributed by atoms with Gasteiger partial charge in [0.1, 0.15) is 0 Å². The number of carboxylic acids is 1. The predicted octanol–water partition coefficient (Wildman–Crippen LogP) is 1.27. The highest BCUT2D eigenvalue weighted by molar-refractivity contribution is 6.01. The number of carbonyl (C=O) groups excluding carboxylic acids is 1. The molecule has 1 saturated heterocycles. The molecule has 1 fully saturated rings. The number of aliphatic carboxylic acids is 1. The maximum absolute atomic E-state index is 11.5. The van der Waals surface area contributed by atoms with Crippen molar-refractivity contribution in [3.8, 4) is 0 Å². The summed E-state index contributed by atoms with van der Waals surface area (Å²) >= 11 is 0. The van der Waals surface area contributed by atoms with Gasteiger partial charge in [-0.2, -0.15) is 0 Å². The Balaban J connectivity index is 1.88. The Bertz CT molecular complexity index is 341. The fourth-order valence-electron chi connectivity index (χ4n) is 2.11. The van der Waals surface area contributed by atoms with Crippen LogP contribution in [0.5, 0.6) is 0 Å². The summed E-state index contributed by atoms with van der Waals surface area (Å²) in [5.74, 6) is -1.12. The van der Waals surface area contributed by atoms with Crippen LogP contribution in [0, 0.1) is 0 Å². The SMILES string of the molecule is O=C(O)CC1=C[C@H](O[C@@H]2CCCCO2)CC1=O. The molecular weight excluding hydrogens is 224 g/mol. The number of ketones is 1. The van der Waals surface area contributed by atoms with Gasteiger partial charge in [0.15, 0.2) is 12.1 Å². The molecule has 1 aliphatic heterocycles. The van der Waals surface area contributed by atoms with Gasteiger partial charge in [0.2, 0.25) is 0 Å². The lowest BCUT2D eigenvalue weighted by Crippen LogP contribution is -2.26. The first-order chi connectivity index (χ1) is 8.15. The van der Waals surface area contributed by atoms with Gasteiger partial charge in [0.25, 0.3) is 0 Å². The van der Waals surface area contributed by atoms with E-state index in [0.717, 1.165) is 19.3 Å². The topological polar surface area (TPSA) is 72.8 Å². The van der Waals surface area contributed by atoms with E-state index in [1.54, 1.807) is 6.08 Å². The smallest absolute Gasteiger partial charge is 0.307 e. The van der Waals surface area contributed by atoms with Crippen LogP contribution in [-0.2, 0) is 19.1 Å². The van der Waals surface area contributed by atoms with Gasteiger partial charge in [-0.3, -0.25) is 9.59 Å². The van der Waals surface area contributed by atoms with E-state index in [2.05, 4.69) is 0 Å². The van der Waals surface area contributed by atoms with Gasteiger partial charge in [-0.1, -0.05) is 0 Å². The average Bonchev–Trinajstić information content (AvgIpc) is 2.59. The molecule has 0 aromatic rings. The fourth-order valence-corrected chi connectivity index (χ4v) is 2.11. The minimum Gasteiger partial charge on any atom is -0.481 e. The Morgan fingerprint density at radius 1 is 1.53 bits per heavy atom. The van der Waals surface area contributed by atoms with Crippen molar-refractivity contribution in [1.29, 1.82) is 0 Å². The van der Waals surface area contributed by atoms with Crippen molar-refractivity contribution < 1.29 is 24.2 Å². The first-order valence-corrected chi connectivity index (χ1v) is 5.88. The number of hydrogen-bond donors (Lipinski definition) is 1. The number of carbonyl (C=O) groups is 2. The van der Waals surface area contributed by atoms with Gasteiger partial charge in [0, 0.05) is 18.6 Å². The second kappa shape index (κ2) is 5.42. The third-order valence-electron chi connectivity index (χ3n) is 2.94. The van der Waals surface area contributed by atoms with E-state index in [0.29, 0.717) is 12.2 Å². The quantitative estimate of drug-likeness (QED) is 0.801. The minimum absolute atomic E-state index is 0.131. The summed E-state index contributed by atoms with van der Waals surface area (Å²) < 4.78 is 11.0. The molecule has 1 aliphatic carbocycles. The Labute approximate surface area is 99.4 Å². The first kappa shape index (κ1) is 12.3. The minimum atomic E-state index is -0.987. The molecule has 0 spiro atoms. The van der Waals surface area contributed by atoms with Crippen LogP contribution in [0.15, 0.2) is 11.6 Å². The lowest BCUT2D eigenvalue weighted by atomic mass is 10.1. The summed E-state index contributed by atoms with van der Waals surface area (Å²) in [6, 6.07) is 0. The molecule has 2 aliphatic rings. The van der Waals surface area contributed by atoms with Crippen LogP contribution < -0.4 is 0 Å². The number of hydrogen-bond acceptors (Lipinski definition) is 4. The molecule has 0 aromatic heterocycles. The van der Waals surface area contributed by atoms with E-state index in [9.17, 15) is 9.59 Å². The molecule has 2 atom stereocenters. The summed E-state index contributed by atoms with van der Waals surface area (Å²) in [5.41, 5.74) is 0.346. The summed E-state index contributed by atoms with van der Waals surface area (Å²) in [6.45, 7) is 0.691. The van der Waals surface area contributed by atoms with E-state index in [-0.39, 0.29) is 31.0 Å². The normalized spacial score (nSPS) is 29.2. The summed E-state index contributed by atoms with van der Waals surface area (Å²) in [7, 11) is 0. The highest BCUT2D eigenvalue weighted by atomic mass is 16.7. The molecule has 1 N–H and O–H groups in total. The van der Waals surface area contributed by atoms with Crippen LogP contribution >= 0.6 is 0 Å². The molecule has 94 valence electrons. The number of ether oxygens (including phenoxy) is 2. The van der Waals surface area contributed by atoms with Gasteiger partial charge in [0.05, 0.1) is 12.5 Å². The molecular formula is C12H16O5. The molecule has 0 aromatic carbocycles. The summed E-state index contributed by atoms with van der Waals surface area (Å²) in [4.78, 5) is 22.0. The molecule has 5 nitrogen and oxygen atoms in total. The van der Waals surface area contributed by atoms with E-state index >= 15 is 0 Å². The molecule has 17 heavy (non-hydrogen) atoms. The lowest BCUT2D eigenvalue weighted by Gasteiger charge is -2.24. The van der Waals surface area contributed by atoms with Crippen molar-refractivity contribution in [2.45, 2.75) is 44.5 Å². The van der Waals surface area contributed by atoms with Crippen molar-refractivity contribution in [3.63, 3.8) is 0 Å². The third-order valence-corrected chi connectivity index (χ3v) is 2.94. The number of Topliss-reactive ketones (excluding diaryl/α,β-unsaturated/α-hetero) is 1. The van der Waals surface area contributed by atoms with E-state index in [1.807, 2.05) is 0 Å². The molecule has 0 radical (unpaired) electrons. The largest absolute Gasteiger partial charge is 0.481 e. The molecule has 0 amide bonds. The second-order valence-electron chi connectivity index (χ2n) is 4.36. The third kappa shape index (κ3) is 3.38. The van der Waals surface area contributed by atoms with E-state index in [4.69, 9.17) is 14.6 Å². The molecule has 5 heteroatoms. The molecule has 2 rings (SSSR count). The van der Waals surface area contributed by atoms with Crippen LogP contribution in [0.4, 0.5) is 0 Å².